The first-order chi connectivity index (χ1) is 13.8. The quantitative estimate of drug-likeness (QED) is 0.616. The Labute approximate surface area is 174 Å². The van der Waals surface area contributed by atoms with Gasteiger partial charge in [-0.15, -0.1) is 11.3 Å². The standard InChI is InChI=1S/C22H23N3O3S/c1-13-8-14(2)20(15(3)9-13)25-21(27)16(4)28-19(26)10-18-12-29-22(24-18)17-6-5-7-23-11-17/h5-9,11-12,16H,10H2,1-4H3,(H,25,27)/t16-/m0/s1. The van der Waals surface area contributed by atoms with Crippen molar-refractivity contribution in [3.8, 4) is 10.6 Å². The van der Waals surface area contributed by atoms with E-state index in [0.29, 0.717) is 5.69 Å². The predicted molar refractivity (Wildman–Crippen MR) is 114 cm³/mol. The molecule has 1 atom stereocenters. The lowest BCUT2D eigenvalue weighted by Gasteiger charge is -2.16. The van der Waals surface area contributed by atoms with Crippen LogP contribution in [-0.4, -0.2) is 27.9 Å². The molecule has 0 saturated carbocycles. The maximum absolute atomic E-state index is 12.5. The van der Waals surface area contributed by atoms with E-state index in [-0.39, 0.29) is 12.3 Å². The van der Waals surface area contributed by atoms with Crippen LogP contribution in [0.1, 0.15) is 29.3 Å². The van der Waals surface area contributed by atoms with E-state index >= 15 is 0 Å². The maximum atomic E-state index is 12.5. The minimum absolute atomic E-state index is 0.0109. The number of esters is 1. The summed E-state index contributed by atoms with van der Waals surface area (Å²) in [5, 5.41) is 5.47. The molecule has 0 bridgehead atoms. The fraction of sp³-hybridized carbons (Fsp3) is 0.273. The summed E-state index contributed by atoms with van der Waals surface area (Å²) in [5.74, 6) is -0.851. The molecule has 1 amide bonds. The van der Waals surface area contributed by atoms with Crippen molar-refractivity contribution in [2.24, 2.45) is 0 Å². The number of amides is 1. The van der Waals surface area contributed by atoms with Crippen LogP contribution in [0.2, 0.25) is 0 Å². The monoisotopic (exact) mass is 409 g/mol. The SMILES string of the molecule is Cc1cc(C)c(NC(=O)[C@H](C)OC(=O)Cc2csc(-c3cccnc3)n2)c(C)c1. The van der Waals surface area contributed by atoms with Crippen molar-refractivity contribution in [2.75, 3.05) is 5.32 Å². The zero-order chi connectivity index (χ0) is 21.0. The molecule has 1 aromatic carbocycles. The molecule has 0 aliphatic rings. The average molecular weight is 410 g/mol. The number of ether oxygens (including phenoxy) is 1. The lowest BCUT2D eigenvalue weighted by atomic mass is 10.0. The number of rotatable bonds is 6. The fourth-order valence-corrected chi connectivity index (χ4v) is 3.86. The van der Waals surface area contributed by atoms with Gasteiger partial charge in [-0.05, 0) is 51.0 Å². The van der Waals surface area contributed by atoms with E-state index in [1.807, 2.05) is 50.4 Å². The molecule has 0 unspecified atom stereocenters. The molecule has 29 heavy (non-hydrogen) atoms. The van der Waals surface area contributed by atoms with Crippen molar-refractivity contribution in [3.05, 3.63) is 64.4 Å². The zero-order valence-electron chi connectivity index (χ0n) is 16.9. The van der Waals surface area contributed by atoms with Crippen molar-refractivity contribution in [1.82, 2.24) is 9.97 Å². The van der Waals surface area contributed by atoms with Crippen LogP contribution in [0.15, 0.2) is 42.0 Å². The van der Waals surface area contributed by atoms with Gasteiger partial charge in [-0.25, -0.2) is 4.98 Å². The van der Waals surface area contributed by atoms with Crippen molar-refractivity contribution in [2.45, 2.75) is 40.2 Å². The van der Waals surface area contributed by atoms with Crippen LogP contribution in [0.3, 0.4) is 0 Å². The van der Waals surface area contributed by atoms with Gasteiger partial charge >= 0.3 is 5.97 Å². The third kappa shape index (κ3) is 5.26. The molecule has 3 aromatic rings. The fourth-order valence-electron chi connectivity index (χ4n) is 3.05. The Balaban J connectivity index is 1.58. The molecule has 150 valence electrons. The van der Waals surface area contributed by atoms with E-state index in [2.05, 4.69) is 15.3 Å². The summed E-state index contributed by atoms with van der Waals surface area (Å²) < 4.78 is 5.31. The van der Waals surface area contributed by atoms with E-state index in [9.17, 15) is 9.59 Å². The van der Waals surface area contributed by atoms with Gasteiger partial charge in [0, 0.05) is 29.0 Å². The van der Waals surface area contributed by atoms with E-state index in [0.717, 1.165) is 32.9 Å². The number of anilines is 1. The Morgan fingerprint density at radius 2 is 1.93 bits per heavy atom. The molecule has 0 aliphatic carbocycles. The Kier molecular flexibility index (Phi) is 6.39. The first-order valence-electron chi connectivity index (χ1n) is 9.26. The molecule has 0 aliphatic heterocycles. The molecule has 3 rings (SSSR count). The first-order valence-corrected chi connectivity index (χ1v) is 10.1. The second-order valence-electron chi connectivity index (χ2n) is 6.96. The number of hydrogen-bond donors (Lipinski definition) is 1. The molecule has 0 saturated heterocycles. The first kappa shape index (κ1) is 20.7. The second-order valence-corrected chi connectivity index (χ2v) is 7.82. The summed E-state index contributed by atoms with van der Waals surface area (Å²) in [6, 6.07) is 7.75. The lowest BCUT2D eigenvalue weighted by Crippen LogP contribution is -2.31. The van der Waals surface area contributed by atoms with Gasteiger partial charge in [-0.1, -0.05) is 17.7 Å². The topological polar surface area (TPSA) is 81.2 Å². The van der Waals surface area contributed by atoms with Crippen LogP contribution in [0.5, 0.6) is 0 Å². The van der Waals surface area contributed by atoms with Gasteiger partial charge in [0.15, 0.2) is 6.10 Å². The van der Waals surface area contributed by atoms with E-state index in [4.69, 9.17) is 4.74 Å². The van der Waals surface area contributed by atoms with Crippen molar-refractivity contribution >= 4 is 28.9 Å². The normalized spacial score (nSPS) is 11.7. The summed E-state index contributed by atoms with van der Waals surface area (Å²) in [4.78, 5) is 33.2. The van der Waals surface area contributed by atoms with Crippen molar-refractivity contribution in [3.63, 3.8) is 0 Å². The summed E-state index contributed by atoms with van der Waals surface area (Å²) in [7, 11) is 0. The second kappa shape index (κ2) is 8.96. The Bertz CT molecular complexity index is 1010. The maximum Gasteiger partial charge on any atom is 0.312 e. The molecule has 0 fully saturated rings. The highest BCUT2D eigenvalue weighted by Gasteiger charge is 2.20. The van der Waals surface area contributed by atoms with Gasteiger partial charge in [0.25, 0.3) is 5.91 Å². The number of nitrogens with one attached hydrogen (secondary N) is 1. The minimum atomic E-state index is -0.904. The third-order valence-corrected chi connectivity index (χ3v) is 5.33. The highest BCUT2D eigenvalue weighted by molar-refractivity contribution is 7.13. The summed E-state index contributed by atoms with van der Waals surface area (Å²) in [5.41, 5.74) is 5.33. The molecule has 6 nitrogen and oxygen atoms in total. The Morgan fingerprint density at radius 3 is 2.59 bits per heavy atom. The summed E-state index contributed by atoms with van der Waals surface area (Å²) in [6.07, 6.45) is 2.53. The van der Waals surface area contributed by atoms with E-state index in [1.165, 1.54) is 11.3 Å². The highest BCUT2D eigenvalue weighted by Crippen LogP contribution is 2.24. The van der Waals surface area contributed by atoms with Crippen LogP contribution in [-0.2, 0) is 20.7 Å². The van der Waals surface area contributed by atoms with Crippen LogP contribution < -0.4 is 5.32 Å². The van der Waals surface area contributed by atoms with E-state index < -0.39 is 12.1 Å². The predicted octanol–water partition coefficient (Wildman–Crippen LogP) is 4.24. The van der Waals surface area contributed by atoms with Gasteiger partial charge in [-0.3, -0.25) is 14.6 Å². The number of aromatic nitrogens is 2. The van der Waals surface area contributed by atoms with Crippen LogP contribution in [0, 0.1) is 20.8 Å². The lowest BCUT2D eigenvalue weighted by molar-refractivity contribution is -0.152. The molecule has 7 heteroatoms. The summed E-state index contributed by atoms with van der Waals surface area (Å²) >= 11 is 1.44. The van der Waals surface area contributed by atoms with Crippen LogP contribution >= 0.6 is 11.3 Å². The van der Waals surface area contributed by atoms with Gasteiger partial charge in [0.2, 0.25) is 0 Å². The highest BCUT2D eigenvalue weighted by atomic mass is 32.1. The van der Waals surface area contributed by atoms with Gasteiger partial charge < -0.3 is 10.1 Å². The van der Waals surface area contributed by atoms with Crippen LogP contribution in [0.4, 0.5) is 5.69 Å². The molecule has 2 aromatic heterocycles. The van der Waals surface area contributed by atoms with Crippen molar-refractivity contribution < 1.29 is 14.3 Å². The average Bonchev–Trinajstić information content (AvgIpc) is 3.13. The summed E-state index contributed by atoms with van der Waals surface area (Å²) in [6.45, 7) is 7.45. The zero-order valence-corrected chi connectivity index (χ0v) is 17.7. The minimum Gasteiger partial charge on any atom is -0.452 e. The van der Waals surface area contributed by atoms with Gasteiger partial charge in [-0.2, -0.15) is 0 Å². The Hall–Kier alpha value is -3.06. The largest absolute Gasteiger partial charge is 0.452 e. The molecule has 0 spiro atoms. The Morgan fingerprint density at radius 1 is 1.21 bits per heavy atom. The number of carbonyl (C=O) groups is 2. The number of thiazole rings is 1. The number of benzene rings is 1. The number of nitrogens with zero attached hydrogens (tertiary/aromatic N) is 2. The van der Waals surface area contributed by atoms with E-state index in [1.54, 1.807) is 19.3 Å². The number of carbonyl (C=O) groups excluding carboxylic acids is 2. The molecule has 1 N–H and O–H groups in total. The number of aryl methyl sites for hydroxylation is 3. The third-order valence-electron chi connectivity index (χ3n) is 4.39. The molecular formula is C22H23N3O3S. The molecule has 2 heterocycles. The molecule has 0 radical (unpaired) electrons. The smallest absolute Gasteiger partial charge is 0.312 e. The van der Waals surface area contributed by atoms with Crippen molar-refractivity contribution in [1.29, 1.82) is 0 Å². The number of pyridine rings is 1. The van der Waals surface area contributed by atoms with Gasteiger partial charge in [0.1, 0.15) is 5.01 Å². The van der Waals surface area contributed by atoms with Gasteiger partial charge in [0.05, 0.1) is 12.1 Å². The molecular weight excluding hydrogens is 386 g/mol. The van der Waals surface area contributed by atoms with Crippen LogP contribution in [0.25, 0.3) is 10.6 Å². The number of hydrogen-bond acceptors (Lipinski definition) is 6.